The molecular formula is C19H21N3O4. The van der Waals surface area contributed by atoms with Crippen LogP contribution in [0.15, 0.2) is 34.9 Å². The fourth-order valence-electron chi connectivity index (χ4n) is 3.95. The van der Waals surface area contributed by atoms with Crippen molar-refractivity contribution in [3.05, 3.63) is 47.6 Å². The molecule has 2 aromatic rings. The Labute approximate surface area is 151 Å². The second-order valence-corrected chi connectivity index (χ2v) is 6.99. The summed E-state index contributed by atoms with van der Waals surface area (Å²) in [7, 11) is 0. The fourth-order valence-corrected chi connectivity index (χ4v) is 3.95. The molecule has 7 heteroatoms. The number of hydrogen-bond donors (Lipinski definition) is 1. The van der Waals surface area contributed by atoms with Gasteiger partial charge in [-0.05, 0) is 31.2 Å². The Morgan fingerprint density at radius 3 is 2.77 bits per heavy atom. The van der Waals surface area contributed by atoms with E-state index in [9.17, 15) is 9.59 Å². The average Bonchev–Trinajstić information content (AvgIpc) is 3.36. The lowest BCUT2D eigenvalue weighted by Crippen LogP contribution is -2.42. The lowest BCUT2D eigenvalue weighted by atomic mass is 9.85. The molecule has 0 bridgehead atoms. The van der Waals surface area contributed by atoms with Gasteiger partial charge in [0.25, 0.3) is 0 Å². The smallest absolute Gasteiger partial charge is 0.307 e. The van der Waals surface area contributed by atoms with Gasteiger partial charge in [-0.15, -0.1) is 0 Å². The Hall–Kier alpha value is -2.70. The minimum atomic E-state index is -0.603. The first-order chi connectivity index (χ1) is 12.6. The molecule has 1 aliphatic carbocycles. The number of benzene rings is 1. The monoisotopic (exact) mass is 355 g/mol. The van der Waals surface area contributed by atoms with Crippen molar-refractivity contribution in [2.24, 2.45) is 5.92 Å². The molecular weight excluding hydrogens is 334 g/mol. The summed E-state index contributed by atoms with van der Waals surface area (Å²) >= 11 is 0. The van der Waals surface area contributed by atoms with E-state index in [1.165, 1.54) is 0 Å². The van der Waals surface area contributed by atoms with Gasteiger partial charge in [0.2, 0.25) is 11.8 Å². The van der Waals surface area contributed by atoms with Crippen molar-refractivity contribution in [3.8, 4) is 0 Å². The van der Waals surface area contributed by atoms with Crippen molar-refractivity contribution in [1.82, 2.24) is 15.5 Å². The second-order valence-electron chi connectivity index (χ2n) is 6.99. The number of amides is 1. The SMILES string of the molecule is O=C1CC(C(=O)NCc2nc(Cc3ccccc3)no2)C2(CCCC2)O1. The lowest BCUT2D eigenvalue weighted by molar-refractivity contribution is -0.150. The van der Waals surface area contributed by atoms with E-state index in [-0.39, 0.29) is 24.8 Å². The minimum Gasteiger partial charge on any atom is -0.458 e. The van der Waals surface area contributed by atoms with Crippen LogP contribution in [0.25, 0.3) is 0 Å². The van der Waals surface area contributed by atoms with Crippen molar-refractivity contribution < 1.29 is 18.8 Å². The van der Waals surface area contributed by atoms with Crippen molar-refractivity contribution in [2.75, 3.05) is 0 Å². The van der Waals surface area contributed by atoms with Crippen LogP contribution in [-0.4, -0.2) is 27.6 Å². The highest BCUT2D eigenvalue weighted by molar-refractivity contribution is 5.87. The summed E-state index contributed by atoms with van der Waals surface area (Å²) in [5.41, 5.74) is 0.489. The third kappa shape index (κ3) is 3.34. The molecule has 1 unspecified atom stereocenters. The summed E-state index contributed by atoms with van der Waals surface area (Å²) in [4.78, 5) is 28.6. The van der Waals surface area contributed by atoms with Gasteiger partial charge in [-0.3, -0.25) is 9.59 Å². The molecule has 1 saturated heterocycles. The predicted molar refractivity (Wildman–Crippen MR) is 90.8 cm³/mol. The molecule has 1 saturated carbocycles. The third-order valence-electron chi connectivity index (χ3n) is 5.22. The van der Waals surface area contributed by atoms with Gasteiger partial charge < -0.3 is 14.6 Å². The molecule has 2 aliphatic rings. The Morgan fingerprint density at radius 1 is 1.23 bits per heavy atom. The molecule has 1 atom stereocenters. The average molecular weight is 355 g/mol. The minimum absolute atomic E-state index is 0.148. The van der Waals surface area contributed by atoms with Crippen LogP contribution in [0, 0.1) is 5.92 Å². The largest absolute Gasteiger partial charge is 0.458 e. The lowest BCUT2D eigenvalue weighted by Gasteiger charge is -2.27. The quantitative estimate of drug-likeness (QED) is 0.826. The molecule has 26 heavy (non-hydrogen) atoms. The molecule has 7 nitrogen and oxygen atoms in total. The van der Waals surface area contributed by atoms with Crippen LogP contribution in [0.5, 0.6) is 0 Å². The van der Waals surface area contributed by atoms with Crippen LogP contribution in [0.2, 0.25) is 0 Å². The molecule has 4 rings (SSSR count). The highest BCUT2D eigenvalue weighted by Crippen LogP contribution is 2.45. The zero-order valence-electron chi connectivity index (χ0n) is 14.4. The van der Waals surface area contributed by atoms with Crippen molar-refractivity contribution >= 4 is 11.9 Å². The van der Waals surface area contributed by atoms with Crippen molar-refractivity contribution in [2.45, 2.75) is 50.7 Å². The summed E-state index contributed by atoms with van der Waals surface area (Å²) in [6, 6.07) is 9.86. The van der Waals surface area contributed by atoms with Gasteiger partial charge in [0, 0.05) is 6.42 Å². The number of carbonyl (C=O) groups excluding carboxylic acids is 2. The number of carbonyl (C=O) groups is 2. The van der Waals surface area contributed by atoms with Gasteiger partial charge in [-0.25, -0.2) is 0 Å². The van der Waals surface area contributed by atoms with E-state index in [4.69, 9.17) is 9.26 Å². The molecule has 1 aromatic heterocycles. The molecule has 2 fully saturated rings. The van der Waals surface area contributed by atoms with E-state index in [1.54, 1.807) is 0 Å². The highest BCUT2D eigenvalue weighted by atomic mass is 16.6. The number of rotatable bonds is 5. The van der Waals surface area contributed by atoms with Gasteiger partial charge >= 0.3 is 5.97 Å². The highest BCUT2D eigenvalue weighted by Gasteiger charge is 2.53. The number of aromatic nitrogens is 2. The topological polar surface area (TPSA) is 94.3 Å². The van der Waals surface area contributed by atoms with Crippen molar-refractivity contribution in [3.63, 3.8) is 0 Å². The molecule has 1 spiro atoms. The van der Waals surface area contributed by atoms with Crippen LogP contribution >= 0.6 is 0 Å². The Morgan fingerprint density at radius 2 is 2.00 bits per heavy atom. The van der Waals surface area contributed by atoms with E-state index >= 15 is 0 Å². The number of ether oxygens (including phenoxy) is 1. The zero-order chi connectivity index (χ0) is 18.0. The summed E-state index contributed by atoms with van der Waals surface area (Å²) < 4.78 is 10.7. The van der Waals surface area contributed by atoms with Crippen LogP contribution in [0.4, 0.5) is 0 Å². The number of nitrogens with zero attached hydrogens (tertiary/aromatic N) is 2. The maximum absolute atomic E-state index is 12.6. The van der Waals surface area contributed by atoms with Crippen molar-refractivity contribution in [1.29, 1.82) is 0 Å². The van der Waals surface area contributed by atoms with Crippen LogP contribution in [0.3, 0.4) is 0 Å². The van der Waals surface area contributed by atoms with E-state index in [2.05, 4.69) is 15.5 Å². The normalized spacial score (nSPS) is 21.1. The molecule has 2 heterocycles. The Balaban J connectivity index is 1.35. The summed E-state index contributed by atoms with van der Waals surface area (Å²) in [5.74, 6) is 0.0434. The van der Waals surface area contributed by atoms with Gasteiger partial charge in [-0.1, -0.05) is 35.5 Å². The molecule has 1 N–H and O–H groups in total. The first-order valence-electron chi connectivity index (χ1n) is 9.00. The van der Waals surface area contributed by atoms with Gasteiger partial charge in [0.1, 0.15) is 5.60 Å². The molecule has 1 amide bonds. The standard InChI is InChI=1S/C19H21N3O4/c23-17-11-14(19(25-17)8-4-5-9-19)18(24)20-12-16-21-15(22-26-16)10-13-6-2-1-3-7-13/h1-3,6-7,14H,4-5,8-12H2,(H,20,24). The van der Waals surface area contributed by atoms with Gasteiger partial charge in [0.05, 0.1) is 18.9 Å². The molecule has 1 aromatic carbocycles. The van der Waals surface area contributed by atoms with Crippen LogP contribution in [0.1, 0.15) is 49.4 Å². The predicted octanol–water partition coefficient (Wildman–Crippen LogP) is 2.15. The third-order valence-corrected chi connectivity index (χ3v) is 5.22. The van der Waals surface area contributed by atoms with E-state index < -0.39 is 11.5 Å². The molecule has 0 radical (unpaired) electrons. The summed E-state index contributed by atoms with van der Waals surface area (Å²) in [6.07, 6.45) is 4.23. The fraction of sp³-hybridized carbons (Fsp3) is 0.474. The van der Waals surface area contributed by atoms with E-state index in [1.807, 2.05) is 30.3 Å². The maximum atomic E-state index is 12.6. The number of nitrogens with one attached hydrogen (secondary N) is 1. The Bertz CT molecular complexity index is 796. The molecule has 1 aliphatic heterocycles. The first-order valence-corrected chi connectivity index (χ1v) is 9.00. The second kappa shape index (κ2) is 6.90. The van der Waals surface area contributed by atoms with Gasteiger partial charge in [0.15, 0.2) is 5.82 Å². The summed E-state index contributed by atoms with van der Waals surface area (Å²) in [6.45, 7) is 0.154. The molecule has 136 valence electrons. The van der Waals surface area contributed by atoms with E-state index in [0.717, 1.165) is 31.2 Å². The van der Waals surface area contributed by atoms with Gasteiger partial charge in [-0.2, -0.15) is 4.98 Å². The number of hydrogen-bond acceptors (Lipinski definition) is 6. The van der Waals surface area contributed by atoms with E-state index in [0.29, 0.717) is 18.1 Å². The summed E-state index contributed by atoms with van der Waals surface area (Å²) in [5, 5.41) is 6.78. The maximum Gasteiger partial charge on any atom is 0.307 e. The Kier molecular flexibility index (Phi) is 4.44. The van der Waals surface area contributed by atoms with Crippen LogP contribution < -0.4 is 5.32 Å². The van der Waals surface area contributed by atoms with Crippen LogP contribution in [-0.2, 0) is 27.3 Å². The first kappa shape index (κ1) is 16.8. The zero-order valence-corrected chi connectivity index (χ0v) is 14.4. The number of esters is 1.